The van der Waals surface area contributed by atoms with E-state index in [1.165, 1.54) is 25.7 Å². The zero-order valence-electron chi connectivity index (χ0n) is 12.1. The Hall–Kier alpha value is -0.570. The molecule has 108 valence electrons. The Balaban J connectivity index is 1.56. The average molecular weight is 265 g/mol. The second-order valence-electron chi connectivity index (χ2n) is 6.97. The molecule has 3 rings (SSSR count). The number of amides is 1. The van der Waals surface area contributed by atoms with E-state index < -0.39 is 0 Å². The number of carbonyl (C=O) groups is 1. The Labute approximate surface area is 116 Å². The molecule has 19 heavy (non-hydrogen) atoms. The van der Waals surface area contributed by atoms with E-state index in [1.807, 2.05) is 0 Å². The zero-order valence-corrected chi connectivity index (χ0v) is 12.1. The van der Waals surface area contributed by atoms with Gasteiger partial charge in [0.25, 0.3) is 0 Å². The maximum Gasteiger partial charge on any atom is 0.226 e. The number of hydrogen-bond acceptors (Lipinski definition) is 2. The monoisotopic (exact) mass is 265 g/mol. The van der Waals surface area contributed by atoms with Gasteiger partial charge in [-0.1, -0.05) is 19.8 Å². The van der Waals surface area contributed by atoms with Crippen LogP contribution in [0.2, 0.25) is 0 Å². The normalized spacial score (nSPS) is 36.7. The lowest BCUT2D eigenvalue weighted by atomic mass is 9.77. The summed E-state index contributed by atoms with van der Waals surface area (Å²) >= 11 is 0. The van der Waals surface area contributed by atoms with Crippen LogP contribution in [0.3, 0.4) is 0 Å². The highest BCUT2D eigenvalue weighted by Gasteiger charge is 2.56. The van der Waals surface area contributed by atoms with Gasteiger partial charge in [-0.2, -0.15) is 0 Å². The first-order chi connectivity index (χ1) is 9.21. The first kappa shape index (κ1) is 13.4. The molecule has 2 atom stereocenters. The molecule has 3 heteroatoms. The Morgan fingerprint density at radius 3 is 2.26 bits per heavy atom. The van der Waals surface area contributed by atoms with Gasteiger partial charge in [0.2, 0.25) is 5.91 Å². The molecule has 1 heterocycles. The van der Waals surface area contributed by atoms with Gasteiger partial charge < -0.3 is 10.0 Å². The summed E-state index contributed by atoms with van der Waals surface area (Å²) in [6.07, 6.45) is 8.21. The minimum absolute atomic E-state index is 0.0904. The Morgan fingerprint density at radius 2 is 1.79 bits per heavy atom. The van der Waals surface area contributed by atoms with Crippen LogP contribution in [0.15, 0.2) is 0 Å². The number of carbonyl (C=O) groups excluding carboxylic acids is 1. The van der Waals surface area contributed by atoms with Crippen LogP contribution >= 0.6 is 0 Å². The smallest absolute Gasteiger partial charge is 0.226 e. The van der Waals surface area contributed by atoms with Gasteiger partial charge >= 0.3 is 0 Å². The molecule has 3 nitrogen and oxygen atoms in total. The van der Waals surface area contributed by atoms with Crippen molar-refractivity contribution in [2.75, 3.05) is 19.7 Å². The van der Waals surface area contributed by atoms with Crippen LogP contribution in [0, 0.1) is 23.2 Å². The standard InChI is InChI=1S/C16H27NO2/c1-2-16(11-18)7-9-17(10-8-16)15(19)14-12-5-3-4-6-13(12)14/h12-14,18H,2-11H2,1H3. The maximum atomic E-state index is 12.6. The van der Waals surface area contributed by atoms with Gasteiger partial charge in [0.1, 0.15) is 0 Å². The van der Waals surface area contributed by atoms with Crippen molar-refractivity contribution in [1.29, 1.82) is 0 Å². The summed E-state index contributed by atoms with van der Waals surface area (Å²) < 4.78 is 0. The first-order valence-corrected chi connectivity index (χ1v) is 8.10. The summed E-state index contributed by atoms with van der Waals surface area (Å²) in [4.78, 5) is 14.7. The highest BCUT2D eigenvalue weighted by atomic mass is 16.3. The van der Waals surface area contributed by atoms with E-state index in [1.54, 1.807) is 0 Å². The summed E-state index contributed by atoms with van der Waals surface area (Å²) in [7, 11) is 0. The Kier molecular flexibility index (Phi) is 3.59. The molecule has 0 spiro atoms. The molecular formula is C16H27NO2. The molecule has 2 aliphatic carbocycles. The first-order valence-electron chi connectivity index (χ1n) is 8.10. The number of hydrogen-bond donors (Lipinski definition) is 1. The molecule has 0 radical (unpaired) electrons. The van der Waals surface area contributed by atoms with Crippen molar-refractivity contribution in [3.63, 3.8) is 0 Å². The molecule has 1 amide bonds. The van der Waals surface area contributed by atoms with E-state index in [0.717, 1.165) is 44.2 Å². The van der Waals surface area contributed by atoms with Crippen molar-refractivity contribution >= 4 is 5.91 Å². The highest BCUT2D eigenvalue weighted by molar-refractivity contribution is 5.82. The average Bonchev–Trinajstić information content (AvgIpc) is 3.21. The number of fused-ring (bicyclic) bond motifs is 1. The quantitative estimate of drug-likeness (QED) is 0.851. The van der Waals surface area contributed by atoms with Gasteiger partial charge in [0.15, 0.2) is 0 Å². The van der Waals surface area contributed by atoms with Crippen LogP contribution in [0.4, 0.5) is 0 Å². The van der Waals surface area contributed by atoms with Crippen molar-refractivity contribution in [3.05, 3.63) is 0 Å². The summed E-state index contributed by atoms with van der Waals surface area (Å²) in [5.74, 6) is 2.24. The number of aliphatic hydroxyl groups excluding tert-OH is 1. The molecule has 0 bridgehead atoms. The van der Waals surface area contributed by atoms with Gasteiger partial charge in [0.05, 0.1) is 0 Å². The lowest BCUT2D eigenvalue weighted by molar-refractivity contribution is -0.136. The number of nitrogens with zero attached hydrogens (tertiary/aromatic N) is 1. The topological polar surface area (TPSA) is 40.5 Å². The maximum absolute atomic E-state index is 12.6. The minimum Gasteiger partial charge on any atom is -0.396 e. The molecular weight excluding hydrogens is 238 g/mol. The van der Waals surface area contributed by atoms with Crippen molar-refractivity contribution in [3.8, 4) is 0 Å². The molecule has 0 aromatic heterocycles. The fraction of sp³-hybridized carbons (Fsp3) is 0.938. The fourth-order valence-corrected chi connectivity index (χ4v) is 4.39. The SMILES string of the molecule is CCC1(CO)CCN(C(=O)C2C3CCCCC32)CC1. The van der Waals surface area contributed by atoms with Gasteiger partial charge in [-0.25, -0.2) is 0 Å². The third kappa shape index (κ3) is 2.31. The van der Waals surface area contributed by atoms with E-state index in [4.69, 9.17) is 0 Å². The predicted octanol–water partition coefficient (Wildman–Crippen LogP) is 2.43. The summed E-state index contributed by atoms with van der Waals surface area (Å²) in [6.45, 7) is 4.16. The van der Waals surface area contributed by atoms with E-state index >= 15 is 0 Å². The Morgan fingerprint density at radius 1 is 1.21 bits per heavy atom. The van der Waals surface area contributed by atoms with Crippen LogP contribution in [-0.2, 0) is 4.79 Å². The second kappa shape index (κ2) is 5.08. The molecule has 1 aliphatic heterocycles. The number of aliphatic hydroxyl groups is 1. The van der Waals surface area contributed by atoms with E-state index in [2.05, 4.69) is 11.8 Å². The van der Waals surface area contributed by atoms with Crippen LogP contribution in [0.25, 0.3) is 0 Å². The van der Waals surface area contributed by atoms with Crippen molar-refractivity contribution in [2.45, 2.75) is 51.9 Å². The molecule has 2 unspecified atom stereocenters. The van der Waals surface area contributed by atoms with Crippen LogP contribution in [0.5, 0.6) is 0 Å². The number of likely N-dealkylation sites (tertiary alicyclic amines) is 1. The van der Waals surface area contributed by atoms with Gasteiger partial charge in [-0.05, 0) is 49.4 Å². The second-order valence-corrected chi connectivity index (χ2v) is 6.97. The number of rotatable bonds is 3. The molecule has 1 saturated heterocycles. The highest BCUT2D eigenvalue weighted by Crippen LogP contribution is 2.56. The van der Waals surface area contributed by atoms with Crippen molar-refractivity contribution < 1.29 is 9.90 Å². The van der Waals surface area contributed by atoms with E-state index in [0.29, 0.717) is 11.8 Å². The summed E-state index contributed by atoms with van der Waals surface area (Å²) in [6, 6.07) is 0. The molecule has 0 aromatic carbocycles. The van der Waals surface area contributed by atoms with E-state index in [-0.39, 0.29) is 12.0 Å². The largest absolute Gasteiger partial charge is 0.396 e. The van der Waals surface area contributed by atoms with Crippen molar-refractivity contribution in [2.24, 2.45) is 23.2 Å². The predicted molar refractivity (Wildman–Crippen MR) is 74.6 cm³/mol. The molecule has 3 fully saturated rings. The van der Waals surface area contributed by atoms with Crippen LogP contribution < -0.4 is 0 Å². The zero-order chi connectivity index (χ0) is 13.5. The molecule has 0 aromatic rings. The summed E-state index contributed by atoms with van der Waals surface area (Å²) in [5, 5.41) is 9.55. The minimum atomic E-state index is 0.0904. The molecule has 3 aliphatic rings. The third-order valence-electron chi connectivity index (χ3n) is 6.16. The summed E-state index contributed by atoms with van der Waals surface area (Å²) in [5.41, 5.74) is 0.0904. The lowest BCUT2D eigenvalue weighted by Crippen LogP contribution is -2.45. The van der Waals surface area contributed by atoms with Crippen molar-refractivity contribution in [1.82, 2.24) is 4.90 Å². The van der Waals surface area contributed by atoms with Crippen LogP contribution in [-0.4, -0.2) is 35.6 Å². The van der Waals surface area contributed by atoms with Gasteiger partial charge in [-0.3, -0.25) is 4.79 Å². The molecule has 1 N–H and O–H groups in total. The Bertz CT molecular complexity index is 329. The number of piperidine rings is 1. The van der Waals surface area contributed by atoms with E-state index in [9.17, 15) is 9.90 Å². The fourth-order valence-electron chi connectivity index (χ4n) is 4.39. The molecule has 2 saturated carbocycles. The third-order valence-corrected chi connectivity index (χ3v) is 6.16. The lowest BCUT2D eigenvalue weighted by Gasteiger charge is -2.40. The van der Waals surface area contributed by atoms with Gasteiger partial charge in [0, 0.05) is 25.6 Å². The van der Waals surface area contributed by atoms with Crippen LogP contribution in [0.1, 0.15) is 51.9 Å². The van der Waals surface area contributed by atoms with Gasteiger partial charge in [-0.15, -0.1) is 0 Å².